The maximum Gasteiger partial charge on any atom is 0.328 e. The van der Waals surface area contributed by atoms with E-state index in [2.05, 4.69) is 0 Å². The second-order valence-corrected chi connectivity index (χ2v) is 6.99. The molecule has 0 spiro atoms. The van der Waals surface area contributed by atoms with Gasteiger partial charge in [-0.3, -0.25) is 18.7 Å². The first-order valence-corrected chi connectivity index (χ1v) is 8.77. The third kappa shape index (κ3) is 2.48. The van der Waals surface area contributed by atoms with Crippen molar-refractivity contribution in [3.63, 3.8) is 0 Å². The predicted octanol–water partition coefficient (Wildman–Crippen LogP) is 3.12. The Morgan fingerprint density at radius 2 is 1.58 bits per heavy atom. The molecule has 26 heavy (non-hydrogen) atoms. The molecule has 0 saturated carbocycles. The van der Waals surface area contributed by atoms with E-state index in [1.165, 1.54) is 4.90 Å². The van der Waals surface area contributed by atoms with Crippen molar-refractivity contribution in [1.29, 1.82) is 0 Å². The molecule has 2 amide bonds. The zero-order valence-electron chi connectivity index (χ0n) is 14.2. The lowest BCUT2D eigenvalue weighted by Gasteiger charge is -2.11. The van der Waals surface area contributed by atoms with Crippen molar-refractivity contribution in [2.24, 2.45) is 14.1 Å². The molecular formula is C19H15N3O3S. The third-order valence-corrected chi connectivity index (χ3v) is 5.27. The topological polar surface area (TPSA) is 64.3 Å². The molecule has 0 bridgehead atoms. The molecule has 1 aliphatic rings. The highest BCUT2D eigenvalue weighted by molar-refractivity contribution is 8.19. The van der Waals surface area contributed by atoms with E-state index in [1.54, 1.807) is 53.6 Å². The molecule has 0 radical (unpaired) electrons. The van der Waals surface area contributed by atoms with Crippen molar-refractivity contribution in [1.82, 2.24) is 9.13 Å². The second-order valence-electron chi connectivity index (χ2n) is 6.00. The van der Waals surface area contributed by atoms with E-state index in [4.69, 9.17) is 0 Å². The average Bonchev–Trinajstić information content (AvgIpc) is 3.04. The summed E-state index contributed by atoms with van der Waals surface area (Å²) in [5.74, 6) is -0.340. The second kappa shape index (κ2) is 6.03. The third-order valence-electron chi connectivity index (χ3n) is 4.40. The Morgan fingerprint density at radius 1 is 0.885 bits per heavy atom. The molecule has 0 aliphatic carbocycles. The lowest BCUT2D eigenvalue weighted by atomic mass is 10.1. The molecule has 4 rings (SSSR count). The molecule has 1 aliphatic heterocycles. The van der Waals surface area contributed by atoms with Crippen molar-refractivity contribution < 1.29 is 9.59 Å². The first-order chi connectivity index (χ1) is 12.5. The van der Waals surface area contributed by atoms with Gasteiger partial charge >= 0.3 is 5.69 Å². The molecule has 130 valence electrons. The Bertz CT molecular complexity index is 1140. The Balaban J connectivity index is 1.74. The van der Waals surface area contributed by atoms with Gasteiger partial charge in [0.15, 0.2) is 0 Å². The molecule has 0 unspecified atom stereocenters. The lowest BCUT2D eigenvalue weighted by molar-refractivity contribution is -0.113. The van der Waals surface area contributed by atoms with Crippen molar-refractivity contribution in [3.8, 4) is 0 Å². The van der Waals surface area contributed by atoms with Crippen LogP contribution in [0.25, 0.3) is 17.1 Å². The molecule has 1 saturated heterocycles. The number of fused-ring (bicyclic) bond motifs is 1. The fraction of sp³-hybridized carbons (Fsp3) is 0.105. The van der Waals surface area contributed by atoms with Crippen molar-refractivity contribution >= 4 is 45.7 Å². The van der Waals surface area contributed by atoms with Gasteiger partial charge in [-0.05, 0) is 47.7 Å². The summed E-state index contributed by atoms with van der Waals surface area (Å²) < 4.78 is 3.13. The minimum absolute atomic E-state index is 0.110. The zero-order valence-corrected chi connectivity index (χ0v) is 15.0. The van der Waals surface area contributed by atoms with Crippen LogP contribution < -0.4 is 10.6 Å². The van der Waals surface area contributed by atoms with Crippen LogP contribution in [0.4, 0.5) is 10.5 Å². The summed E-state index contributed by atoms with van der Waals surface area (Å²) in [5, 5.41) is -0.319. The van der Waals surface area contributed by atoms with Gasteiger partial charge in [0.1, 0.15) is 0 Å². The Kier molecular flexibility index (Phi) is 3.81. The highest BCUT2D eigenvalue weighted by Gasteiger charge is 2.36. The van der Waals surface area contributed by atoms with Crippen LogP contribution in [0.15, 0.2) is 58.2 Å². The maximum absolute atomic E-state index is 12.7. The molecular weight excluding hydrogens is 350 g/mol. The molecule has 2 heterocycles. The summed E-state index contributed by atoms with van der Waals surface area (Å²) in [7, 11) is 3.42. The van der Waals surface area contributed by atoms with Crippen LogP contribution >= 0.6 is 11.8 Å². The predicted molar refractivity (Wildman–Crippen MR) is 103 cm³/mol. The van der Waals surface area contributed by atoms with E-state index in [-0.39, 0.29) is 16.8 Å². The van der Waals surface area contributed by atoms with Gasteiger partial charge in [-0.25, -0.2) is 9.69 Å². The zero-order chi connectivity index (χ0) is 18.4. The number of anilines is 1. The van der Waals surface area contributed by atoms with E-state index >= 15 is 0 Å². The molecule has 2 aromatic carbocycles. The molecule has 1 aromatic heterocycles. The molecule has 0 atom stereocenters. The van der Waals surface area contributed by atoms with E-state index in [9.17, 15) is 14.4 Å². The number of thioether (sulfide) groups is 1. The Hall–Kier alpha value is -3.06. The fourth-order valence-electron chi connectivity index (χ4n) is 3.03. The quantitative estimate of drug-likeness (QED) is 0.655. The molecule has 6 nitrogen and oxygen atoms in total. The SMILES string of the molecule is Cn1c(=O)n(C)c2cc(/C=C3/SC(=O)N(c4ccccc4)C3=O)ccc21. The van der Waals surface area contributed by atoms with E-state index in [0.29, 0.717) is 10.6 Å². The monoisotopic (exact) mass is 365 g/mol. The number of amides is 2. The van der Waals surface area contributed by atoms with Gasteiger partial charge in [-0.1, -0.05) is 24.3 Å². The van der Waals surface area contributed by atoms with Gasteiger partial charge < -0.3 is 0 Å². The first-order valence-electron chi connectivity index (χ1n) is 7.96. The number of rotatable bonds is 2. The summed E-state index contributed by atoms with van der Waals surface area (Å²) in [6.07, 6.45) is 1.69. The molecule has 0 N–H and O–H groups in total. The van der Waals surface area contributed by atoms with Gasteiger partial charge in [0.2, 0.25) is 0 Å². The van der Waals surface area contributed by atoms with Gasteiger partial charge in [-0.2, -0.15) is 0 Å². The Labute approximate surface area is 153 Å². The number of aryl methyl sites for hydroxylation is 2. The lowest BCUT2D eigenvalue weighted by Crippen LogP contribution is -2.27. The number of carbonyl (C=O) groups is 2. The van der Waals surface area contributed by atoms with Crippen LogP contribution in [-0.2, 0) is 18.9 Å². The number of imidazole rings is 1. The van der Waals surface area contributed by atoms with Gasteiger partial charge in [0.05, 0.1) is 21.6 Å². The van der Waals surface area contributed by atoms with Crippen molar-refractivity contribution in [2.75, 3.05) is 4.90 Å². The van der Waals surface area contributed by atoms with Gasteiger partial charge in [0, 0.05) is 14.1 Å². The van der Waals surface area contributed by atoms with E-state index in [1.807, 2.05) is 24.3 Å². The minimum Gasteiger partial charge on any atom is -0.295 e. The number of para-hydroxylation sites is 1. The van der Waals surface area contributed by atoms with Crippen molar-refractivity contribution in [2.45, 2.75) is 0 Å². The van der Waals surface area contributed by atoms with Crippen LogP contribution in [0.3, 0.4) is 0 Å². The number of imide groups is 1. The maximum atomic E-state index is 12.7. The van der Waals surface area contributed by atoms with E-state index in [0.717, 1.165) is 28.4 Å². The largest absolute Gasteiger partial charge is 0.328 e. The van der Waals surface area contributed by atoms with Gasteiger partial charge in [0.25, 0.3) is 11.1 Å². The normalized spacial score (nSPS) is 16.2. The number of hydrogen-bond donors (Lipinski definition) is 0. The van der Waals surface area contributed by atoms with Crippen LogP contribution in [0.2, 0.25) is 0 Å². The standard InChI is InChI=1S/C19H15N3O3S/c1-20-14-9-8-12(10-15(14)21(2)18(20)24)11-16-17(23)22(19(25)26-16)13-6-4-3-5-7-13/h3-11H,1-2H3/b16-11+. The molecule has 3 aromatic rings. The van der Waals surface area contributed by atoms with Crippen LogP contribution in [-0.4, -0.2) is 20.3 Å². The molecule has 7 heteroatoms. The number of aromatic nitrogens is 2. The number of nitrogens with zero attached hydrogens (tertiary/aromatic N) is 3. The van der Waals surface area contributed by atoms with Gasteiger partial charge in [-0.15, -0.1) is 0 Å². The summed E-state index contributed by atoms with van der Waals surface area (Å²) in [6, 6.07) is 14.4. The minimum atomic E-state index is -0.340. The molecule has 1 fully saturated rings. The number of carbonyl (C=O) groups excluding carboxylic acids is 2. The van der Waals surface area contributed by atoms with E-state index < -0.39 is 0 Å². The Morgan fingerprint density at radius 3 is 2.31 bits per heavy atom. The first kappa shape index (κ1) is 16.4. The van der Waals surface area contributed by atoms with Crippen LogP contribution in [0, 0.1) is 0 Å². The summed E-state index contributed by atoms with van der Waals surface area (Å²) in [4.78, 5) is 38.5. The summed E-state index contributed by atoms with van der Waals surface area (Å²) in [6.45, 7) is 0. The summed E-state index contributed by atoms with van der Waals surface area (Å²) >= 11 is 0.914. The average molecular weight is 365 g/mol. The van der Waals surface area contributed by atoms with Crippen molar-refractivity contribution in [3.05, 3.63) is 69.5 Å². The van der Waals surface area contributed by atoms with Crippen LogP contribution in [0.1, 0.15) is 5.56 Å². The number of benzene rings is 2. The fourth-order valence-corrected chi connectivity index (χ4v) is 3.87. The highest BCUT2D eigenvalue weighted by Crippen LogP contribution is 2.35. The van der Waals surface area contributed by atoms with Crippen LogP contribution in [0.5, 0.6) is 0 Å². The smallest absolute Gasteiger partial charge is 0.295 e. The summed E-state index contributed by atoms with van der Waals surface area (Å²) in [5.41, 5.74) is 2.79. The number of hydrogen-bond acceptors (Lipinski definition) is 4. The highest BCUT2D eigenvalue weighted by atomic mass is 32.2.